The van der Waals surface area contributed by atoms with Crippen LogP contribution in [-0.4, -0.2) is 11.8 Å². The molecule has 1 fully saturated rings. The van der Waals surface area contributed by atoms with Crippen LogP contribution in [0, 0.1) is 5.92 Å². The van der Waals surface area contributed by atoms with E-state index in [0.29, 0.717) is 6.04 Å². The maximum absolute atomic E-state index is 11.7. The standard InChI is InChI=1S/C13H17NO/c1-9(2)13(15)10-3-5-11(6-4-10)14-12-7-8-12/h3-6,9,12,14H,7-8H2,1-2H3. The first-order chi connectivity index (χ1) is 7.16. The summed E-state index contributed by atoms with van der Waals surface area (Å²) in [5.74, 6) is 0.292. The van der Waals surface area contributed by atoms with Crippen LogP contribution in [0.15, 0.2) is 24.3 Å². The second-order valence-corrected chi connectivity index (χ2v) is 4.51. The number of hydrogen-bond donors (Lipinski definition) is 1. The summed E-state index contributed by atoms with van der Waals surface area (Å²) < 4.78 is 0. The van der Waals surface area contributed by atoms with E-state index < -0.39 is 0 Å². The van der Waals surface area contributed by atoms with Gasteiger partial charge in [0.15, 0.2) is 5.78 Å². The van der Waals surface area contributed by atoms with Crippen molar-refractivity contribution >= 4 is 11.5 Å². The van der Waals surface area contributed by atoms with E-state index >= 15 is 0 Å². The number of carbonyl (C=O) groups is 1. The van der Waals surface area contributed by atoms with Crippen molar-refractivity contribution in [3.63, 3.8) is 0 Å². The molecule has 0 aromatic heterocycles. The molecule has 0 aliphatic heterocycles. The highest BCUT2D eigenvalue weighted by atomic mass is 16.1. The van der Waals surface area contributed by atoms with Crippen LogP contribution >= 0.6 is 0 Å². The summed E-state index contributed by atoms with van der Waals surface area (Å²) in [6.07, 6.45) is 2.54. The van der Waals surface area contributed by atoms with E-state index in [2.05, 4.69) is 5.32 Å². The number of hydrogen-bond acceptors (Lipinski definition) is 2. The fourth-order valence-corrected chi connectivity index (χ4v) is 1.53. The number of anilines is 1. The molecule has 2 rings (SSSR count). The topological polar surface area (TPSA) is 29.1 Å². The zero-order valence-electron chi connectivity index (χ0n) is 9.29. The van der Waals surface area contributed by atoms with E-state index in [1.54, 1.807) is 0 Å². The molecule has 0 saturated heterocycles. The summed E-state index contributed by atoms with van der Waals surface area (Å²) in [6.45, 7) is 3.86. The maximum atomic E-state index is 11.7. The molecule has 1 aliphatic rings. The van der Waals surface area contributed by atoms with E-state index in [1.807, 2.05) is 38.1 Å². The van der Waals surface area contributed by atoms with E-state index in [0.717, 1.165) is 11.3 Å². The molecule has 1 saturated carbocycles. The highest BCUT2D eigenvalue weighted by molar-refractivity contribution is 5.97. The monoisotopic (exact) mass is 203 g/mol. The van der Waals surface area contributed by atoms with Crippen LogP contribution in [-0.2, 0) is 0 Å². The molecule has 0 radical (unpaired) electrons. The molecule has 1 aliphatic carbocycles. The first-order valence-electron chi connectivity index (χ1n) is 5.57. The average molecular weight is 203 g/mol. The van der Waals surface area contributed by atoms with Gasteiger partial charge in [0.05, 0.1) is 0 Å². The van der Waals surface area contributed by atoms with Crippen LogP contribution in [0.25, 0.3) is 0 Å². The summed E-state index contributed by atoms with van der Waals surface area (Å²) in [5.41, 5.74) is 1.93. The Labute approximate surface area is 90.7 Å². The van der Waals surface area contributed by atoms with Gasteiger partial charge < -0.3 is 5.32 Å². The first kappa shape index (κ1) is 10.2. The molecule has 1 N–H and O–H groups in total. The van der Waals surface area contributed by atoms with Gasteiger partial charge in [-0.25, -0.2) is 0 Å². The van der Waals surface area contributed by atoms with Crippen molar-refractivity contribution in [2.75, 3.05) is 5.32 Å². The predicted octanol–water partition coefficient (Wildman–Crippen LogP) is 3.10. The SMILES string of the molecule is CC(C)C(=O)c1ccc(NC2CC2)cc1. The lowest BCUT2D eigenvalue weighted by atomic mass is 10.0. The lowest BCUT2D eigenvalue weighted by Crippen LogP contribution is -2.07. The highest BCUT2D eigenvalue weighted by Crippen LogP contribution is 2.24. The molecular formula is C13H17NO. The van der Waals surface area contributed by atoms with Gasteiger partial charge in [0.1, 0.15) is 0 Å². The molecule has 0 unspecified atom stereocenters. The van der Waals surface area contributed by atoms with Crippen LogP contribution in [0.3, 0.4) is 0 Å². The van der Waals surface area contributed by atoms with Crippen LogP contribution in [0.1, 0.15) is 37.0 Å². The Morgan fingerprint density at radius 1 is 1.27 bits per heavy atom. The molecule has 1 aromatic carbocycles. The van der Waals surface area contributed by atoms with Crippen LogP contribution < -0.4 is 5.32 Å². The van der Waals surface area contributed by atoms with Gasteiger partial charge in [-0.2, -0.15) is 0 Å². The van der Waals surface area contributed by atoms with Gasteiger partial charge in [-0.15, -0.1) is 0 Å². The van der Waals surface area contributed by atoms with Gasteiger partial charge in [0.2, 0.25) is 0 Å². The average Bonchev–Trinajstić information content (AvgIpc) is 3.02. The van der Waals surface area contributed by atoms with E-state index in [4.69, 9.17) is 0 Å². The van der Waals surface area contributed by atoms with Crippen LogP contribution in [0.2, 0.25) is 0 Å². The van der Waals surface area contributed by atoms with Crippen LogP contribution in [0.5, 0.6) is 0 Å². The fraction of sp³-hybridized carbons (Fsp3) is 0.462. The lowest BCUT2D eigenvalue weighted by molar-refractivity contribution is 0.0939. The second-order valence-electron chi connectivity index (χ2n) is 4.51. The zero-order valence-corrected chi connectivity index (χ0v) is 9.29. The molecule has 1 aromatic rings. The lowest BCUT2D eigenvalue weighted by Gasteiger charge is -2.07. The molecular weight excluding hydrogens is 186 g/mol. The predicted molar refractivity (Wildman–Crippen MR) is 62.3 cm³/mol. The van der Waals surface area contributed by atoms with E-state index in [9.17, 15) is 4.79 Å². The first-order valence-corrected chi connectivity index (χ1v) is 5.57. The molecule has 0 atom stereocenters. The third-order valence-electron chi connectivity index (χ3n) is 2.64. The van der Waals surface area contributed by atoms with E-state index in [1.165, 1.54) is 12.8 Å². The van der Waals surface area contributed by atoms with Gasteiger partial charge in [0.25, 0.3) is 0 Å². The smallest absolute Gasteiger partial charge is 0.165 e. The number of nitrogens with one attached hydrogen (secondary N) is 1. The van der Waals surface area contributed by atoms with Crippen LogP contribution in [0.4, 0.5) is 5.69 Å². The van der Waals surface area contributed by atoms with Crippen molar-refractivity contribution in [1.29, 1.82) is 0 Å². The molecule has 0 spiro atoms. The molecule has 2 nitrogen and oxygen atoms in total. The Morgan fingerprint density at radius 3 is 2.33 bits per heavy atom. The quantitative estimate of drug-likeness (QED) is 0.762. The van der Waals surface area contributed by atoms with Gasteiger partial charge in [-0.05, 0) is 37.1 Å². The molecule has 15 heavy (non-hydrogen) atoms. The van der Waals surface area contributed by atoms with Crippen molar-refractivity contribution in [1.82, 2.24) is 0 Å². The molecule has 2 heteroatoms. The summed E-state index contributed by atoms with van der Waals surface area (Å²) in [7, 11) is 0. The van der Waals surface area contributed by atoms with Gasteiger partial charge in [0, 0.05) is 23.2 Å². The Bertz CT molecular complexity index is 349. The van der Waals surface area contributed by atoms with Crippen molar-refractivity contribution in [2.24, 2.45) is 5.92 Å². The maximum Gasteiger partial charge on any atom is 0.165 e. The Kier molecular flexibility index (Phi) is 2.76. The van der Waals surface area contributed by atoms with Crippen molar-refractivity contribution in [3.8, 4) is 0 Å². The molecule has 0 heterocycles. The number of Topliss-reactive ketones (excluding diaryl/α,β-unsaturated/α-hetero) is 1. The summed E-state index contributed by atoms with van der Waals surface area (Å²) in [6, 6.07) is 8.47. The Morgan fingerprint density at radius 2 is 1.87 bits per heavy atom. The number of ketones is 1. The van der Waals surface area contributed by atoms with Crippen molar-refractivity contribution in [3.05, 3.63) is 29.8 Å². The number of benzene rings is 1. The van der Waals surface area contributed by atoms with Gasteiger partial charge in [-0.3, -0.25) is 4.79 Å². The van der Waals surface area contributed by atoms with Crippen molar-refractivity contribution in [2.45, 2.75) is 32.7 Å². The van der Waals surface area contributed by atoms with Gasteiger partial charge >= 0.3 is 0 Å². The number of carbonyl (C=O) groups excluding carboxylic acids is 1. The van der Waals surface area contributed by atoms with Gasteiger partial charge in [-0.1, -0.05) is 13.8 Å². The zero-order chi connectivity index (χ0) is 10.8. The summed E-state index contributed by atoms with van der Waals surface area (Å²) >= 11 is 0. The Balaban J connectivity index is 2.05. The van der Waals surface area contributed by atoms with Crippen molar-refractivity contribution < 1.29 is 4.79 Å². The molecule has 0 bridgehead atoms. The largest absolute Gasteiger partial charge is 0.382 e. The summed E-state index contributed by atoms with van der Waals surface area (Å²) in [5, 5.41) is 3.40. The molecule has 80 valence electrons. The molecule has 0 amide bonds. The highest BCUT2D eigenvalue weighted by Gasteiger charge is 2.20. The Hall–Kier alpha value is -1.31. The van der Waals surface area contributed by atoms with E-state index in [-0.39, 0.29) is 11.7 Å². The summed E-state index contributed by atoms with van der Waals surface area (Å²) in [4.78, 5) is 11.7. The number of rotatable bonds is 4. The third-order valence-corrected chi connectivity index (χ3v) is 2.64. The minimum atomic E-state index is 0.0761. The second kappa shape index (κ2) is 4.05. The minimum Gasteiger partial charge on any atom is -0.382 e. The minimum absolute atomic E-state index is 0.0761. The normalized spacial score (nSPS) is 15.4. The fourth-order valence-electron chi connectivity index (χ4n) is 1.53. The third kappa shape index (κ3) is 2.58.